The van der Waals surface area contributed by atoms with Crippen LogP contribution in [0, 0.1) is 0 Å². The molecule has 0 aromatic heterocycles. The summed E-state index contributed by atoms with van der Waals surface area (Å²) in [6.07, 6.45) is -1.50. The van der Waals surface area contributed by atoms with Gasteiger partial charge in [-0.25, -0.2) is 4.99 Å². The normalized spacial score (nSPS) is 16.1. The van der Waals surface area contributed by atoms with E-state index in [1.807, 2.05) is 42.5 Å². The van der Waals surface area contributed by atoms with E-state index in [0.29, 0.717) is 37.6 Å². The number of nitrogens with one attached hydrogen (secondary N) is 1. The summed E-state index contributed by atoms with van der Waals surface area (Å²) in [4.78, 5) is 34.0. The number of benzene rings is 4. The van der Waals surface area contributed by atoms with Crippen LogP contribution in [-0.2, 0) is 9.59 Å². The Labute approximate surface area is 251 Å². The summed E-state index contributed by atoms with van der Waals surface area (Å²) in [5.41, 5.74) is 5.69. The molecule has 0 spiro atoms. The predicted molar refractivity (Wildman–Crippen MR) is 165 cm³/mol. The third-order valence-corrected chi connectivity index (χ3v) is 7.28. The van der Waals surface area contributed by atoms with Gasteiger partial charge in [-0.05, 0) is 42.5 Å². The van der Waals surface area contributed by atoms with Gasteiger partial charge in [0, 0.05) is 44.4 Å². The van der Waals surface area contributed by atoms with E-state index in [-0.39, 0.29) is 12.5 Å². The molecule has 1 atom stereocenters. The second-order valence-electron chi connectivity index (χ2n) is 9.16. The van der Waals surface area contributed by atoms with Crippen molar-refractivity contribution in [2.24, 2.45) is 9.98 Å². The Morgan fingerprint density at radius 1 is 0.805 bits per heavy atom. The van der Waals surface area contributed by atoms with E-state index in [1.165, 1.54) is 0 Å². The second kappa shape index (κ2) is 12.2. The number of carbonyl (C=O) groups is 2. The molecule has 6 rings (SSSR count). The molecule has 7 nitrogen and oxygen atoms in total. The van der Waals surface area contributed by atoms with E-state index < -0.39 is 12.1 Å². The predicted octanol–water partition coefficient (Wildman–Crippen LogP) is 6.26. The summed E-state index contributed by atoms with van der Waals surface area (Å²) in [6, 6.07) is 27.4. The van der Waals surface area contributed by atoms with Gasteiger partial charge in [-0.3, -0.25) is 14.6 Å². The lowest BCUT2D eigenvalue weighted by Gasteiger charge is -2.18. The molecule has 41 heavy (non-hydrogen) atoms. The van der Waals surface area contributed by atoms with Crippen LogP contribution in [0.5, 0.6) is 0 Å². The first kappa shape index (κ1) is 28.5. The molecule has 0 bridgehead atoms. The fraction of sp³-hybridized carbons (Fsp3) is 0.0968. The molecule has 0 saturated heterocycles. The molecule has 4 aromatic rings. The van der Waals surface area contributed by atoms with Gasteiger partial charge in [-0.1, -0.05) is 83.3 Å². The van der Waals surface area contributed by atoms with Gasteiger partial charge in [-0.2, -0.15) is 0 Å². The Balaban J connectivity index is 0.000000165. The van der Waals surface area contributed by atoms with E-state index >= 15 is 0 Å². The lowest BCUT2D eigenvalue weighted by Crippen LogP contribution is -2.27. The number of aliphatic imine (C=N–C) groups is 2. The minimum atomic E-state index is -1.50. The topological polar surface area (TPSA) is 94.4 Å². The van der Waals surface area contributed by atoms with Crippen molar-refractivity contribution in [3.63, 3.8) is 0 Å². The molecule has 0 aliphatic carbocycles. The highest BCUT2D eigenvalue weighted by Crippen LogP contribution is 2.30. The molecule has 10 heteroatoms. The summed E-state index contributed by atoms with van der Waals surface area (Å²) < 4.78 is 0. The van der Waals surface area contributed by atoms with Crippen molar-refractivity contribution in [1.82, 2.24) is 0 Å². The Bertz CT molecular complexity index is 1710. The van der Waals surface area contributed by atoms with Crippen molar-refractivity contribution in [3.05, 3.63) is 128 Å². The van der Waals surface area contributed by atoms with Gasteiger partial charge in [0.05, 0.1) is 22.8 Å². The molecule has 2 aliphatic rings. The van der Waals surface area contributed by atoms with Gasteiger partial charge in [0.1, 0.15) is 6.54 Å². The van der Waals surface area contributed by atoms with E-state index in [0.717, 1.165) is 22.5 Å². The quantitative estimate of drug-likeness (QED) is 0.283. The van der Waals surface area contributed by atoms with Gasteiger partial charge >= 0.3 is 0 Å². The van der Waals surface area contributed by atoms with Crippen LogP contribution < -0.4 is 10.2 Å². The third-order valence-electron chi connectivity index (χ3n) is 6.48. The van der Waals surface area contributed by atoms with Crippen LogP contribution in [0.15, 0.2) is 101 Å². The Morgan fingerprint density at radius 2 is 1.46 bits per heavy atom. The van der Waals surface area contributed by atoms with Crippen LogP contribution in [-0.4, -0.2) is 48.2 Å². The van der Waals surface area contributed by atoms with Crippen molar-refractivity contribution < 1.29 is 14.7 Å². The van der Waals surface area contributed by atoms with Crippen molar-refractivity contribution in [1.29, 1.82) is 0 Å². The van der Waals surface area contributed by atoms with Crippen LogP contribution in [0.25, 0.3) is 0 Å². The molecule has 2 heterocycles. The van der Waals surface area contributed by atoms with Crippen LogP contribution in [0.4, 0.5) is 11.4 Å². The number of benzodiazepines with no additional fused rings is 2. The van der Waals surface area contributed by atoms with Crippen LogP contribution >= 0.6 is 34.8 Å². The van der Waals surface area contributed by atoms with Gasteiger partial charge < -0.3 is 15.3 Å². The molecular formula is C31H23Cl3N4O3. The van der Waals surface area contributed by atoms with Crippen molar-refractivity contribution >= 4 is 69.4 Å². The fourth-order valence-electron chi connectivity index (χ4n) is 4.44. The zero-order valence-electron chi connectivity index (χ0n) is 21.7. The molecule has 2 amide bonds. The monoisotopic (exact) mass is 604 g/mol. The van der Waals surface area contributed by atoms with E-state index in [1.54, 1.807) is 60.5 Å². The van der Waals surface area contributed by atoms with Crippen molar-refractivity contribution in [3.8, 4) is 0 Å². The number of anilines is 2. The highest BCUT2D eigenvalue weighted by atomic mass is 35.5. The van der Waals surface area contributed by atoms with E-state index in [9.17, 15) is 14.7 Å². The number of carbonyl (C=O) groups excluding carboxylic acids is 2. The van der Waals surface area contributed by atoms with Crippen molar-refractivity contribution in [2.45, 2.75) is 6.23 Å². The number of halogens is 3. The summed E-state index contributed by atoms with van der Waals surface area (Å²) in [5, 5.41) is 14.1. The number of hydrogen-bond donors (Lipinski definition) is 2. The molecule has 0 saturated carbocycles. The number of likely N-dealkylation sites (N-methyl/N-ethyl adjacent to an activating group) is 1. The number of aliphatic hydroxyl groups is 1. The largest absolute Gasteiger partial charge is 0.364 e. The Morgan fingerprint density at radius 3 is 2.20 bits per heavy atom. The number of hydrogen-bond acceptors (Lipinski definition) is 5. The summed E-state index contributed by atoms with van der Waals surface area (Å²) in [5.74, 6) is -0.625. The van der Waals surface area contributed by atoms with Gasteiger partial charge in [0.15, 0.2) is 0 Å². The lowest BCUT2D eigenvalue weighted by molar-refractivity contribution is -0.123. The average Bonchev–Trinajstić information content (AvgIpc) is 3.17. The van der Waals surface area contributed by atoms with Crippen LogP contribution in [0.3, 0.4) is 0 Å². The van der Waals surface area contributed by atoms with E-state index in [4.69, 9.17) is 34.8 Å². The summed E-state index contributed by atoms with van der Waals surface area (Å²) in [6.45, 7) is 0.146. The number of fused-ring (bicyclic) bond motifs is 2. The smallest absolute Gasteiger partial charge is 0.276 e. The molecule has 0 fully saturated rings. The van der Waals surface area contributed by atoms with E-state index in [2.05, 4.69) is 15.3 Å². The standard InChI is InChI=1S/C16H13ClN2O.C15H10Cl2N2O2/c1-19-14-8-7-12(17)9-13(14)16(18-10-15(19)20)11-5-3-2-4-6-11;16-8-5-6-12-10(7-8)13(19-15(21)14(20)18-12)9-3-1-2-4-11(9)17/h2-9H,10H2,1H3;1-7,15,21H,(H,18,20). The molecule has 2 aliphatic heterocycles. The molecule has 1 unspecified atom stereocenters. The minimum Gasteiger partial charge on any atom is -0.364 e. The molecule has 2 N–H and O–H groups in total. The first-order valence-corrected chi connectivity index (χ1v) is 13.6. The first-order valence-electron chi connectivity index (χ1n) is 12.5. The maximum atomic E-state index is 12.0. The molecule has 206 valence electrons. The zero-order chi connectivity index (χ0) is 29.1. The van der Waals surface area contributed by atoms with Gasteiger partial charge in [-0.15, -0.1) is 0 Å². The maximum absolute atomic E-state index is 12.0. The minimum absolute atomic E-state index is 0.0282. The highest BCUT2D eigenvalue weighted by Gasteiger charge is 2.25. The number of amides is 2. The maximum Gasteiger partial charge on any atom is 0.276 e. The Kier molecular flexibility index (Phi) is 8.52. The highest BCUT2D eigenvalue weighted by molar-refractivity contribution is 6.37. The zero-order valence-corrected chi connectivity index (χ0v) is 24.0. The number of nitrogens with zero attached hydrogens (tertiary/aromatic N) is 3. The fourth-order valence-corrected chi connectivity index (χ4v) is 5.01. The molecule has 4 aromatic carbocycles. The summed E-state index contributed by atoms with van der Waals surface area (Å²) >= 11 is 18.3. The third kappa shape index (κ3) is 6.19. The average molecular weight is 606 g/mol. The van der Waals surface area contributed by atoms with Crippen molar-refractivity contribution in [2.75, 3.05) is 23.8 Å². The number of aliphatic hydroxyl groups excluding tert-OH is 1. The second-order valence-corrected chi connectivity index (χ2v) is 10.4. The molecule has 0 radical (unpaired) electrons. The Hall–Kier alpha value is -4.01. The first-order chi connectivity index (χ1) is 19.7. The lowest BCUT2D eigenvalue weighted by atomic mass is 10.0. The van der Waals surface area contributed by atoms with Gasteiger partial charge in [0.25, 0.3) is 5.91 Å². The summed E-state index contributed by atoms with van der Waals surface area (Å²) in [7, 11) is 1.76. The van der Waals surface area contributed by atoms with Crippen LogP contribution in [0.2, 0.25) is 15.1 Å². The SMILES string of the molecule is CN1C(=O)CN=C(c2ccccc2)c2cc(Cl)ccc21.O=C1Nc2ccc(Cl)cc2C(c2ccccc2Cl)=NC1O. The van der Waals surface area contributed by atoms with Crippen LogP contribution in [0.1, 0.15) is 22.3 Å². The number of rotatable bonds is 2. The molecular weight excluding hydrogens is 583 g/mol. The van der Waals surface area contributed by atoms with Gasteiger partial charge in [0.2, 0.25) is 12.1 Å².